The highest BCUT2D eigenvalue weighted by molar-refractivity contribution is 8.11. The van der Waals surface area contributed by atoms with E-state index in [0.717, 1.165) is 0 Å². The summed E-state index contributed by atoms with van der Waals surface area (Å²) in [4.78, 5) is 0. The van der Waals surface area contributed by atoms with Crippen molar-refractivity contribution in [1.82, 2.24) is 0 Å². The number of hydrogen-bond acceptors (Lipinski definition) is 4. The molecule has 0 N–H and O–H groups in total. The highest BCUT2D eigenvalue weighted by atomic mass is 32.3. The van der Waals surface area contributed by atoms with Crippen molar-refractivity contribution in [3.63, 3.8) is 0 Å². The Labute approximate surface area is 68.1 Å². The van der Waals surface area contributed by atoms with E-state index >= 15 is 0 Å². The van der Waals surface area contributed by atoms with Gasteiger partial charge in [-0.25, -0.2) is 0 Å². The van der Waals surface area contributed by atoms with Crippen LogP contribution in [0.25, 0.3) is 0 Å². The Morgan fingerprint density at radius 2 is 1.60 bits per heavy atom. The fourth-order valence-electron chi connectivity index (χ4n) is 0.524. The third kappa shape index (κ3) is 3.57. The highest BCUT2D eigenvalue weighted by Gasteiger charge is 2.34. The lowest BCUT2D eigenvalue weighted by Crippen LogP contribution is -2.38. The van der Waals surface area contributed by atoms with Gasteiger partial charge in [0, 0.05) is 20.3 Å². The molecule has 0 amide bonds. The molecule has 0 aliphatic carbocycles. The molecule has 0 spiro atoms. The van der Waals surface area contributed by atoms with Crippen molar-refractivity contribution in [1.29, 1.82) is 0 Å². The van der Waals surface area contributed by atoms with E-state index in [1.165, 1.54) is 0 Å². The van der Waals surface area contributed by atoms with E-state index in [4.69, 9.17) is 13.3 Å². The maximum Gasteiger partial charge on any atom is 0.569 e. The zero-order valence-electron chi connectivity index (χ0n) is 6.59. The summed E-state index contributed by atoms with van der Waals surface area (Å²) in [5.74, 6) is 0. The first-order valence-electron chi connectivity index (χ1n) is 3.24. The van der Waals surface area contributed by atoms with E-state index in [9.17, 15) is 0 Å². The minimum absolute atomic E-state index is 0.573. The first-order valence-corrected chi connectivity index (χ1v) is 6.25. The molecule has 0 fully saturated rings. The van der Waals surface area contributed by atoms with Crippen LogP contribution in [-0.2, 0) is 13.3 Å². The van der Waals surface area contributed by atoms with Gasteiger partial charge in [0.15, 0.2) is 0 Å². The fourth-order valence-corrected chi connectivity index (χ4v) is 2.35. The number of thiol groups is 1. The summed E-state index contributed by atoms with van der Waals surface area (Å²) in [5.41, 5.74) is 0. The average molecular weight is 182 g/mol. The lowest BCUT2D eigenvalue weighted by molar-refractivity contribution is 0.113. The van der Waals surface area contributed by atoms with Gasteiger partial charge in [-0.05, 0) is 13.8 Å². The molecule has 0 unspecified atom stereocenters. The lowest BCUT2D eigenvalue weighted by atomic mass is 10.9. The van der Waals surface area contributed by atoms with Crippen LogP contribution < -0.4 is 0 Å². The summed E-state index contributed by atoms with van der Waals surface area (Å²) < 4.78 is 15.3. The molecular weight excluding hydrogens is 168 g/mol. The quantitative estimate of drug-likeness (QED) is 0.509. The molecule has 0 aliphatic rings. The van der Waals surface area contributed by atoms with E-state index in [-0.39, 0.29) is 0 Å². The maximum absolute atomic E-state index is 5.18. The summed E-state index contributed by atoms with van der Waals surface area (Å²) in [6, 6.07) is 0. The van der Waals surface area contributed by atoms with Gasteiger partial charge in [0.05, 0.1) is 0 Å². The molecule has 0 aromatic carbocycles. The van der Waals surface area contributed by atoms with Crippen LogP contribution in [0.4, 0.5) is 0 Å². The predicted molar refractivity (Wildman–Crippen MR) is 45.0 cm³/mol. The van der Waals surface area contributed by atoms with Crippen molar-refractivity contribution in [2.75, 3.05) is 20.3 Å². The number of hydrogen-bond donors (Lipinski definition) is 1. The standard InChI is InChI=1S/C5H14O3SSi/c1-4-7-10(9,6-3)8-5-2/h9H,4-5H2,1-3H3. The van der Waals surface area contributed by atoms with Gasteiger partial charge in [-0.15, -0.1) is 12.1 Å². The van der Waals surface area contributed by atoms with Crippen molar-refractivity contribution in [3.8, 4) is 0 Å². The minimum atomic E-state index is -2.53. The van der Waals surface area contributed by atoms with Crippen molar-refractivity contribution < 1.29 is 13.3 Å². The second kappa shape index (κ2) is 5.14. The molecule has 0 saturated carbocycles. The lowest BCUT2D eigenvalue weighted by Gasteiger charge is -2.20. The van der Waals surface area contributed by atoms with Crippen LogP contribution in [0, 0.1) is 0 Å². The van der Waals surface area contributed by atoms with Gasteiger partial charge in [0.1, 0.15) is 0 Å². The van der Waals surface area contributed by atoms with Crippen LogP contribution in [0.15, 0.2) is 0 Å². The molecule has 3 nitrogen and oxygen atoms in total. The second-order valence-corrected chi connectivity index (χ2v) is 5.27. The summed E-state index contributed by atoms with van der Waals surface area (Å²) in [6.07, 6.45) is 0. The largest absolute Gasteiger partial charge is 0.569 e. The predicted octanol–water partition coefficient (Wildman–Crippen LogP) is 1.07. The summed E-state index contributed by atoms with van der Waals surface area (Å²) in [5, 5.41) is 0. The molecule has 62 valence electrons. The van der Waals surface area contributed by atoms with Gasteiger partial charge in [-0.2, -0.15) is 0 Å². The van der Waals surface area contributed by atoms with Crippen molar-refractivity contribution in [2.24, 2.45) is 0 Å². The second-order valence-electron chi connectivity index (χ2n) is 1.59. The Balaban J connectivity index is 3.69. The molecule has 0 aromatic rings. The van der Waals surface area contributed by atoms with Crippen LogP contribution in [0.3, 0.4) is 0 Å². The van der Waals surface area contributed by atoms with Crippen LogP contribution >= 0.6 is 12.1 Å². The van der Waals surface area contributed by atoms with Crippen LogP contribution in [0.5, 0.6) is 0 Å². The molecule has 0 rings (SSSR count). The van der Waals surface area contributed by atoms with Crippen molar-refractivity contribution in [3.05, 3.63) is 0 Å². The van der Waals surface area contributed by atoms with Crippen LogP contribution in [0.1, 0.15) is 13.8 Å². The van der Waals surface area contributed by atoms with Crippen molar-refractivity contribution >= 4 is 20.0 Å². The van der Waals surface area contributed by atoms with Crippen LogP contribution in [-0.4, -0.2) is 28.3 Å². The average Bonchev–Trinajstić information content (AvgIpc) is 1.89. The Morgan fingerprint density at radius 3 is 1.80 bits per heavy atom. The van der Waals surface area contributed by atoms with Crippen LogP contribution in [0.2, 0.25) is 0 Å². The Morgan fingerprint density at radius 1 is 1.20 bits per heavy atom. The van der Waals surface area contributed by atoms with E-state index in [1.807, 2.05) is 13.8 Å². The molecule has 0 aliphatic heterocycles. The topological polar surface area (TPSA) is 27.7 Å². The SMILES string of the molecule is CCO[Si](S)(OC)OCC. The Bertz CT molecular complexity index is 85.0. The first-order chi connectivity index (χ1) is 4.68. The Kier molecular flexibility index (Phi) is 5.37. The summed E-state index contributed by atoms with van der Waals surface area (Å²) >= 11 is 4.15. The summed E-state index contributed by atoms with van der Waals surface area (Å²) in [6.45, 7) is 4.92. The van der Waals surface area contributed by atoms with Gasteiger partial charge < -0.3 is 13.3 Å². The van der Waals surface area contributed by atoms with Gasteiger partial charge >= 0.3 is 7.95 Å². The molecule has 0 aromatic heterocycles. The first kappa shape index (κ1) is 10.4. The summed E-state index contributed by atoms with van der Waals surface area (Å²) in [7, 11) is -0.983. The third-order valence-electron chi connectivity index (χ3n) is 0.911. The van der Waals surface area contributed by atoms with Gasteiger partial charge in [-0.3, -0.25) is 0 Å². The van der Waals surface area contributed by atoms with Gasteiger partial charge in [-0.1, -0.05) is 0 Å². The van der Waals surface area contributed by atoms with Crippen molar-refractivity contribution in [2.45, 2.75) is 13.8 Å². The molecular formula is C5H14O3SSi. The normalized spacial score (nSPS) is 12.0. The van der Waals surface area contributed by atoms with E-state index in [1.54, 1.807) is 7.11 Å². The fraction of sp³-hybridized carbons (Fsp3) is 1.00. The van der Waals surface area contributed by atoms with Gasteiger partial charge in [0.2, 0.25) is 0 Å². The zero-order valence-corrected chi connectivity index (χ0v) is 8.48. The highest BCUT2D eigenvalue weighted by Crippen LogP contribution is 2.11. The van der Waals surface area contributed by atoms with E-state index < -0.39 is 7.95 Å². The third-order valence-corrected chi connectivity index (χ3v) is 4.06. The molecule has 0 saturated heterocycles. The molecule has 10 heavy (non-hydrogen) atoms. The van der Waals surface area contributed by atoms with Gasteiger partial charge in [0.25, 0.3) is 0 Å². The molecule has 0 radical (unpaired) electrons. The molecule has 0 atom stereocenters. The smallest absolute Gasteiger partial charge is 0.369 e. The zero-order chi connectivity index (χ0) is 8.04. The van der Waals surface area contributed by atoms with E-state index in [0.29, 0.717) is 13.2 Å². The minimum Gasteiger partial charge on any atom is -0.369 e. The molecule has 0 heterocycles. The Hall–Kier alpha value is 0.447. The maximum atomic E-state index is 5.18. The van der Waals surface area contributed by atoms with E-state index in [2.05, 4.69) is 12.1 Å². The molecule has 0 bridgehead atoms. The monoisotopic (exact) mass is 182 g/mol. The molecule has 5 heteroatoms. The number of rotatable bonds is 5.